The molecule has 114 valence electrons. The Morgan fingerprint density at radius 2 is 2.29 bits per heavy atom. The Bertz CT molecular complexity index is 603. The number of nitrogens with zero attached hydrogens (tertiary/aromatic N) is 3. The predicted molar refractivity (Wildman–Crippen MR) is 75.3 cm³/mol. The molecule has 1 aliphatic heterocycles. The van der Waals surface area contributed by atoms with Crippen LogP contribution in [0.4, 0.5) is 0 Å². The Balaban J connectivity index is 2.23. The standard InChI is InChI=1S/C12H15N3O5S/c1-20-5-4-15-10(16)3-2-8(13-15)11(17)14-7-21-6-9(14)12(18)19/h2-3,9H,4-7H2,1H3,(H,18,19)/t9-/m0/s1. The summed E-state index contributed by atoms with van der Waals surface area (Å²) in [6.45, 7) is 0.523. The topological polar surface area (TPSA) is 102 Å². The lowest BCUT2D eigenvalue weighted by Crippen LogP contribution is -2.42. The molecule has 21 heavy (non-hydrogen) atoms. The van der Waals surface area contributed by atoms with E-state index in [1.807, 2.05) is 0 Å². The molecule has 0 unspecified atom stereocenters. The van der Waals surface area contributed by atoms with Crippen LogP contribution in [0.15, 0.2) is 16.9 Å². The van der Waals surface area contributed by atoms with Crippen LogP contribution < -0.4 is 5.56 Å². The zero-order chi connectivity index (χ0) is 15.4. The third-order valence-electron chi connectivity index (χ3n) is 3.02. The molecule has 1 saturated heterocycles. The minimum absolute atomic E-state index is 0.0550. The molecule has 2 rings (SSSR count). The smallest absolute Gasteiger partial charge is 0.327 e. The molecule has 0 spiro atoms. The zero-order valence-corrected chi connectivity index (χ0v) is 12.2. The number of ether oxygens (including phenoxy) is 1. The minimum Gasteiger partial charge on any atom is -0.480 e. The first-order chi connectivity index (χ1) is 10.0. The van der Waals surface area contributed by atoms with E-state index >= 15 is 0 Å². The Morgan fingerprint density at radius 1 is 1.52 bits per heavy atom. The maximum atomic E-state index is 12.3. The first kappa shape index (κ1) is 15.5. The van der Waals surface area contributed by atoms with Crippen molar-refractivity contribution in [3.8, 4) is 0 Å². The van der Waals surface area contributed by atoms with E-state index in [-0.39, 0.29) is 17.8 Å². The maximum Gasteiger partial charge on any atom is 0.327 e. The van der Waals surface area contributed by atoms with Crippen molar-refractivity contribution in [2.75, 3.05) is 25.3 Å². The maximum absolute atomic E-state index is 12.3. The molecular weight excluding hydrogens is 298 g/mol. The van der Waals surface area contributed by atoms with Gasteiger partial charge in [0.25, 0.3) is 11.5 Å². The van der Waals surface area contributed by atoms with E-state index in [9.17, 15) is 14.4 Å². The third kappa shape index (κ3) is 3.42. The molecule has 0 aliphatic carbocycles. The van der Waals surface area contributed by atoms with Gasteiger partial charge in [0.2, 0.25) is 0 Å². The lowest BCUT2D eigenvalue weighted by atomic mass is 10.2. The molecule has 0 aromatic carbocycles. The lowest BCUT2D eigenvalue weighted by Gasteiger charge is -2.20. The molecule has 1 aromatic rings. The molecule has 1 aliphatic rings. The SMILES string of the molecule is COCCn1nc(C(=O)N2CSC[C@H]2C(=O)O)ccc1=O. The van der Waals surface area contributed by atoms with Gasteiger partial charge in [-0.2, -0.15) is 5.10 Å². The summed E-state index contributed by atoms with van der Waals surface area (Å²) in [4.78, 5) is 36.3. The van der Waals surface area contributed by atoms with E-state index in [0.29, 0.717) is 18.2 Å². The van der Waals surface area contributed by atoms with Crippen molar-refractivity contribution in [3.05, 3.63) is 28.2 Å². The van der Waals surface area contributed by atoms with Crippen LogP contribution in [0.3, 0.4) is 0 Å². The summed E-state index contributed by atoms with van der Waals surface area (Å²) >= 11 is 1.37. The van der Waals surface area contributed by atoms with Gasteiger partial charge in [0.15, 0.2) is 0 Å². The molecule has 0 saturated carbocycles. The summed E-state index contributed by atoms with van der Waals surface area (Å²) < 4.78 is 6.01. The number of hydrogen-bond acceptors (Lipinski definition) is 6. The van der Waals surface area contributed by atoms with E-state index in [1.165, 1.54) is 35.9 Å². The van der Waals surface area contributed by atoms with Crippen LogP contribution >= 0.6 is 11.8 Å². The van der Waals surface area contributed by atoms with Gasteiger partial charge in [0, 0.05) is 18.9 Å². The largest absolute Gasteiger partial charge is 0.480 e. The molecule has 1 amide bonds. The molecule has 1 fully saturated rings. The number of carboxylic acid groups (broad SMARTS) is 1. The first-order valence-electron chi connectivity index (χ1n) is 6.23. The third-order valence-corrected chi connectivity index (χ3v) is 4.03. The van der Waals surface area contributed by atoms with E-state index < -0.39 is 17.9 Å². The number of carbonyl (C=O) groups excluding carboxylic acids is 1. The van der Waals surface area contributed by atoms with Gasteiger partial charge in [-0.05, 0) is 6.07 Å². The molecule has 0 bridgehead atoms. The van der Waals surface area contributed by atoms with Crippen LogP contribution in [0, 0.1) is 0 Å². The van der Waals surface area contributed by atoms with E-state index in [0.717, 1.165) is 4.68 Å². The molecule has 1 atom stereocenters. The molecule has 8 nitrogen and oxygen atoms in total. The predicted octanol–water partition coefficient (Wildman–Crippen LogP) is -0.511. The summed E-state index contributed by atoms with van der Waals surface area (Å²) in [6, 6.07) is 1.70. The number of hydrogen-bond donors (Lipinski definition) is 1. The van der Waals surface area contributed by atoms with Crippen LogP contribution in [-0.2, 0) is 16.1 Å². The number of aliphatic carboxylic acids is 1. The highest BCUT2D eigenvalue weighted by Crippen LogP contribution is 2.22. The van der Waals surface area contributed by atoms with Crippen molar-refractivity contribution < 1.29 is 19.4 Å². The second kappa shape index (κ2) is 6.72. The summed E-state index contributed by atoms with van der Waals surface area (Å²) in [5.74, 6) is -0.876. The van der Waals surface area contributed by atoms with Crippen molar-refractivity contribution >= 4 is 23.6 Å². The molecular formula is C12H15N3O5S. The summed E-state index contributed by atoms with van der Waals surface area (Å²) in [5, 5.41) is 13.1. The van der Waals surface area contributed by atoms with Crippen molar-refractivity contribution in [3.63, 3.8) is 0 Å². The van der Waals surface area contributed by atoms with Crippen LogP contribution in [0.2, 0.25) is 0 Å². The lowest BCUT2D eigenvalue weighted by molar-refractivity contribution is -0.140. The van der Waals surface area contributed by atoms with Crippen molar-refractivity contribution in [1.82, 2.24) is 14.7 Å². The number of carboxylic acids is 1. The quantitative estimate of drug-likeness (QED) is 0.781. The average Bonchev–Trinajstić information content (AvgIpc) is 2.95. The molecule has 1 N–H and O–H groups in total. The summed E-state index contributed by atoms with van der Waals surface area (Å²) in [5.41, 5.74) is -0.284. The highest BCUT2D eigenvalue weighted by Gasteiger charge is 2.35. The Hall–Kier alpha value is -1.87. The number of carbonyl (C=O) groups is 2. The molecule has 1 aromatic heterocycles. The van der Waals surface area contributed by atoms with Gasteiger partial charge in [-0.15, -0.1) is 11.8 Å². The normalized spacial score (nSPS) is 18.0. The van der Waals surface area contributed by atoms with E-state index in [1.54, 1.807) is 0 Å². The van der Waals surface area contributed by atoms with Gasteiger partial charge in [0.05, 0.1) is 19.0 Å². The first-order valence-corrected chi connectivity index (χ1v) is 7.38. The highest BCUT2D eigenvalue weighted by atomic mass is 32.2. The average molecular weight is 313 g/mol. The fourth-order valence-corrected chi connectivity index (χ4v) is 3.04. The van der Waals surface area contributed by atoms with Gasteiger partial charge in [-0.1, -0.05) is 0 Å². The highest BCUT2D eigenvalue weighted by molar-refractivity contribution is 7.99. The number of amides is 1. The van der Waals surface area contributed by atoms with Crippen molar-refractivity contribution in [1.29, 1.82) is 0 Å². The van der Waals surface area contributed by atoms with Crippen molar-refractivity contribution in [2.45, 2.75) is 12.6 Å². The Morgan fingerprint density at radius 3 is 2.95 bits per heavy atom. The molecule has 0 radical (unpaired) electrons. The van der Waals surface area contributed by atoms with E-state index in [2.05, 4.69) is 5.10 Å². The van der Waals surface area contributed by atoms with Gasteiger partial charge in [-0.3, -0.25) is 9.59 Å². The number of rotatable bonds is 5. The van der Waals surface area contributed by atoms with E-state index in [4.69, 9.17) is 9.84 Å². The van der Waals surface area contributed by atoms with Crippen molar-refractivity contribution in [2.24, 2.45) is 0 Å². The van der Waals surface area contributed by atoms with Gasteiger partial charge in [-0.25, -0.2) is 9.48 Å². The summed E-state index contributed by atoms with van der Waals surface area (Å²) in [6.07, 6.45) is 0. The molecule has 2 heterocycles. The van der Waals surface area contributed by atoms with Crippen LogP contribution in [-0.4, -0.2) is 63.1 Å². The van der Waals surface area contributed by atoms with Crippen LogP contribution in [0.5, 0.6) is 0 Å². The second-order valence-corrected chi connectivity index (χ2v) is 5.40. The fraction of sp³-hybridized carbons (Fsp3) is 0.500. The van der Waals surface area contributed by atoms with Crippen LogP contribution in [0.1, 0.15) is 10.5 Å². The second-order valence-electron chi connectivity index (χ2n) is 4.40. The Kier molecular flexibility index (Phi) is 4.97. The molecule has 9 heteroatoms. The van der Waals surface area contributed by atoms with Gasteiger partial charge in [0.1, 0.15) is 11.7 Å². The van der Waals surface area contributed by atoms with Gasteiger partial charge >= 0.3 is 5.97 Å². The fourth-order valence-electron chi connectivity index (χ4n) is 1.90. The number of thioether (sulfide) groups is 1. The number of aromatic nitrogens is 2. The van der Waals surface area contributed by atoms with Crippen LogP contribution in [0.25, 0.3) is 0 Å². The number of methoxy groups -OCH3 is 1. The van der Waals surface area contributed by atoms with Gasteiger partial charge < -0.3 is 14.7 Å². The zero-order valence-electron chi connectivity index (χ0n) is 11.4. The summed E-state index contributed by atoms with van der Waals surface area (Å²) in [7, 11) is 1.50. The monoisotopic (exact) mass is 313 g/mol. The minimum atomic E-state index is -1.04. The Labute approximate surface area is 124 Å².